The van der Waals surface area contributed by atoms with Gasteiger partial charge in [-0.25, -0.2) is 5.53 Å². The zero-order valence-electron chi connectivity index (χ0n) is 5.09. The predicted octanol–water partition coefficient (Wildman–Crippen LogP) is -1.16. The molecule has 0 aliphatic carbocycles. The van der Waals surface area contributed by atoms with E-state index >= 15 is 0 Å². The van der Waals surface area contributed by atoms with Gasteiger partial charge in [-0.2, -0.15) is 5.10 Å². The molecule has 5 heteroatoms. The van der Waals surface area contributed by atoms with Crippen molar-refractivity contribution in [3.05, 3.63) is 0 Å². The zero-order valence-corrected chi connectivity index (χ0v) is 5.09. The number of Topliss-reactive ketones (excluding diaryl/α,β-unsaturated/α-hetero) is 1. The van der Waals surface area contributed by atoms with Crippen molar-refractivity contribution >= 4 is 12.1 Å². The first-order valence-electron chi connectivity index (χ1n) is 2.59. The molecule has 0 aromatic rings. The van der Waals surface area contributed by atoms with E-state index in [1.165, 1.54) is 13.3 Å². The van der Waals surface area contributed by atoms with Gasteiger partial charge in [0.05, 0.1) is 6.54 Å². The van der Waals surface area contributed by atoms with Crippen LogP contribution in [0.2, 0.25) is 0 Å². The van der Waals surface area contributed by atoms with Crippen molar-refractivity contribution in [2.24, 2.45) is 5.10 Å². The van der Waals surface area contributed by atoms with Gasteiger partial charge >= 0.3 is 0 Å². The van der Waals surface area contributed by atoms with Gasteiger partial charge in [0.15, 0.2) is 5.78 Å². The second kappa shape index (κ2) is 2.45. The molecule has 1 rings (SSSR count). The Hall–Kier alpha value is -1.10. The van der Waals surface area contributed by atoms with Crippen LogP contribution in [0, 0.1) is 0 Å². The molecular formula is C4H8N4O. The Morgan fingerprint density at radius 1 is 1.89 bits per heavy atom. The first-order valence-corrected chi connectivity index (χ1v) is 2.59. The topological polar surface area (TPSA) is 56.7 Å². The number of nitrogens with zero attached hydrogens (tertiary/aromatic N) is 2. The van der Waals surface area contributed by atoms with Crippen molar-refractivity contribution in [2.45, 2.75) is 6.92 Å². The van der Waals surface area contributed by atoms with E-state index < -0.39 is 0 Å². The summed E-state index contributed by atoms with van der Waals surface area (Å²) in [6.45, 7) is 1.87. The van der Waals surface area contributed by atoms with Gasteiger partial charge in [-0.3, -0.25) is 9.80 Å². The van der Waals surface area contributed by atoms with Crippen LogP contribution in [0.3, 0.4) is 0 Å². The summed E-state index contributed by atoms with van der Waals surface area (Å²) in [4.78, 5) is 10.4. The number of carbonyl (C=O) groups excluding carboxylic acids is 1. The summed E-state index contributed by atoms with van der Waals surface area (Å²) < 4.78 is 0. The molecule has 0 radical (unpaired) electrons. The maximum atomic E-state index is 10.4. The third kappa shape index (κ3) is 1.69. The Balaban J connectivity index is 2.28. The average Bonchev–Trinajstić information content (AvgIpc) is 2.15. The van der Waals surface area contributed by atoms with Crippen molar-refractivity contribution in [1.82, 2.24) is 16.1 Å². The van der Waals surface area contributed by atoms with Crippen LogP contribution in [0.4, 0.5) is 0 Å². The molecule has 0 fully saturated rings. The van der Waals surface area contributed by atoms with Crippen molar-refractivity contribution in [1.29, 1.82) is 0 Å². The van der Waals surface area contributed by atoms with Gasteiger partial charge in [0.1, 0.15) is 6.34 Å². The third-order valence-electron chi connectivity index (χ3n) is 0.848. The Morgan fingerprint density at radius 3 is 3.11 bits per heavy atom. The molecule has 5 nitrogen and oxygen atoms in total. The molecule has 0 spiro atoms. The van der Waals surface area contributed by atoms with Crippen LogP contribution in [-0.4, -0.2) is 23.7 Å². The first-order chi connectivity index (χ1) is 4.29. The van der Waals surface area contributed by atoms with Crippen molar-refractivity contribution in [3.63, 3.8) is 0 Å². The van der Waals surface area contributed by atoms with Crippen LogP contribution in [0.1, 0.15) is 6.92 Å². The average molecular weight is 128 g/mol. The molecular weight excluding hydrogens is 120 g/mol. The molecule has 0 bridgehead atoms. The van der Waals surface area contributed by atoms with E-state index in [0.717, 1.165) is 0 Å². The summed E-state index contributed by atoms with van der Waals surface area (Å²) in [5.74, 6) is 0.0950. The Bertz CT molecular complexity index is 144. The monoisotopic (exact) mass is 128 g/mol. The fraction of sp³-hybridized carbons (Fsp3) is 0.500. The van der Waals surface area contributed by atoms with Gasteiger partial charge in [0.25, 0.3) is 0 Å². The molecule has 0 atom stereocenters. The smallest absolute Gasteiger partial charge is 0.150 e. The van der Waals surface area contributed by atoms with Crippen LogP contribution in [0.25, 0.3) is 0 Å². The van der Waals surface area contributed by atoms with Crippen LogP contribution >= 0.6 is 0 Å². The highest BCUT2D eigenvalue weighted by Crippen LogP contribution is 1.80. The van der Waals surface area contributed by atoms with E-state index in [1.54, 1.807) is 5.01 Å². The van der Waals surface area contributed by atoms with Gasteiger partial charge in [-0.15, -0.1) is 5.53 Å². The second-order valence-electron chi connectivity index (χ2n) is 1.80. The lowest BCUT2D eigenvalue weighted by Crippen LogP contribution is -2.39. The minimum absolute atomic E-state index is 0.0950. The molecule has 50 valence electrons. The largest absolute Gasteiger partial charge is 0.298 e. The summed E-state index contributed by atoms with van der Waals surface area (Å²) in [7, 11) is 0. The minimum Gasteiger partial charge on any atom is -0.298 e. The molecule has 0 amide bonds. The van der Waals surface area contributed by atoms with E-state index in [2.05, 4.69) is 16.2 Å². The van der Waals surface area contributed by atoms with Crippen LogP contribution in [0.5, 0.6) is 0 Å². The van der Waals surface area contributed by atoms with Gasteiger partial charge in [-0.05, 0) is 6.92 Å². The number of carbonyl (C=O) groups is 1. The van der Waals surface area contributed by atoms with E-state index in [9.17, 15) is 4.79 Å². The lowest BCUT2D eigenvalue weighted by Gasteiger charge is -2.09. The SMILES string of the molecule is CC(=O)CN1C=NNN1. The molecule has 2 N–H and O–H groups in total. The lowest BCUT2D eigenvalue weighted by molar-refractivity contribution is -0.117. The number of hydrazine groups is 2. The van der Waals surface area contributed by atoms with E-state index in [-0.39, 0.29) is 5.78 Å². The van der Waals surface area contributed by atoms with Crippen LogP contribution in [-0.2, 0) is 4.79 Å². The minimum atomic E-state index is 0.0950. The van der Waals surface area contributed by atoms with Gasteiger partial charge in [0, 0.05) is 0 Å². The number of nitrogens with one attached hydrogen (secondary N) is 2. The Kier molecular flexibility index (Phi) is 1.64. The van der Waals surface area contributed by atoms with E-state index in [0.29, 0.717) is 6.54 Å². The molecule has 0 aromatic carbocycles. The summed E-state index contributed by atoms with van der Waals surface area (Å²) in [5, 5.41) is 5.16. The van der Waals surface area contributed by atoms with E-state index in [1.807, 2.05) is 0 Å². The summed E-state index contributed by atoms with van der Waals surface area (Å²) in [6, 6.07) is 0. The van der Waals surface area contributed by atoms with Crippen LogP contribution < -0.4 is 11.1 Å². The summed E-state index contributed by atoms with van der Waals surface area (Å²) in [5.41, 5.74) is 5.10. The van der Waals surface area contributed by atoms with Crippen molar-refractivity contribution < 1.29 is 4.79 Å². The maximum absolute atomic E-state index is 10.4. The molecule has 1 heterocycles. The van der Waals surface area contributed by atoms with Crippen molar-refractivity contribution in [3.8, 4) is 0 Å². The maximum Gasteiger partial charge on any atom is 0.150 e. The van der Waals surface area contributed by atoms with Gasteiger partial charge in [0.2, 0.25) is 0 Å². The standard InChI is InChI=1S/C4H8N4O/c1-4(9)2-8-3-5-6-7-8/h3,6-7H,2H2,1H3. The predicted molar refractivity (Wildman–Crippen MR) is 32.2 cm³/mol. The molecule has 0 saturated carbocycles. The normalized spacial score (nSPS) is 15.9. The summed E-state index contributed by atoms with van der Waals surface area (Å²) >= 11 is 0. The number of hydrogen-bond donors (Lipinski definition) is 2. The van der Waals surface area contributed by atoms with Gasteiger partial charge < -0.3 is 0 Å². The van der Waals surface area contributed by atoms with Crippen LogP contribution in [0.15, 0.2) is 5.10 Å². The molecule has 0 aromatic heterocycles. The number of ketones is 1. The molecule has 1 aliphatic rings. The van der Waals surface area contributed by atoms with Crippen molar-refractivity contribution in [2.75, 3.05) is 6.54 Å². The highest BCUT2D eigenvalue weighted by molar-refractivity contribution is 5.79. The Morgan fingerprint density at radius 2 is 2.67 bits per heavy atom. The highest BCUT2D eigenvalue weighted by atomic mass is 16.1. The fourth-order valence-corrected chi connectivity index (χ4v) is 0.541. The summed E-state index contributed by atoms with van der Waals surface area (Å²) in [6.07, 6.45) is 1.52. The lowest BCUT2D eigenvalue weighted by atomic mass is 10.4. The first kappa shape index (κ1) is 6.03. The van der Waals surface area contributed by atoms with Gasteiger partial charge in [-0.1, -0.05) is 0 Å². The second-order valence-corrected chi connectivity index (χ2v) is 1.80. The number of hydrogen-bond acceptors (Lipinski definition) is 5. The van der Waals surface area contributed by atoms with E-state index in [4.69, 9.17) is 0 Å². The molecule has 1 aliphatic heterocycles. The number of rotatable bonds is 2. The molecule has 9 heavy (non-hydrogen) atoms. The Labute approximate surface area is 52.7 Å². The number of hydrazone groups is 1. The zero-order chi connectivity index (χ0) is 6.69. The quantitative estimate of drug-likeness (QED) is 0.492. The third-order valence-corrected chi connectivity index (χ3v) is 0.848. The highest BCUT2D eigenvalue weighted by Gasteiger charge is 2.04. The fourth-order valence-electron chi connectivity index (χ4n) is 0.541. The molecule has 0 unspecified atom stereocenters. The molecule has 0 saturated heterocycles.